The summed E-state index contributed by atoms with van der Waals surface area (Å²) in [6.45, 7) is 4.25. The standard InChI is InChI=1S/C12H21N5O2/c1-8(2)11(18)4-5-17-7-9(15-16-17)6-10(14-3)12(13)19/h7-8,10,14H,4-6H2,1-3H3,(H2,13,19). The van der Waals surface area contributed by atoms with Gasteiger partial charge in [-0.25, -0.2) is 0 Å². The molecule has 1 atom stereocenters. The lowest BCUT2D eigenvalue weighted by Gasteiger charge is -2.09. The Balaban J connectivity index is 2.53. The number of rotatable bonds is 8. The molecule has 1 amide bonds. The van der Waals surface area contributed by atoms with E-state index in [0.717, 1.165) is 0 Å². The fraction of sp³-hybridized carbons (Fsp3) is 0.667. The number of hydrogen-bond donors (Lipinski definition) is 2. The van der Waals surface area contributed by atoms with Crippen molar-refractivity contribution < 1.29 is 9.59 Å². The van der Waals surface area contributed by atoms with E-state index in [0.29, 0.717) is 25.1 Å². The second-order valence-corrected chi connectivity index (χ2v) is 4.79. The third kappa shape index (κ3) is 4.78. The van der Waals surface area contributed by atoms with Crippen LogP contribution in [0, 0.1) is 5.92 Å². The van der Waals surface area contributed by atoms with Crippen LogP contribution in [0.1, 0.15) is 26.0 Å². The van der Waals surface area contributed by atoms with Crippen LogP contribution in [0.5, 0.6) is 0 Å². The van der Waals surface area contributed by atoms with Gasteiger partial charge in [0.05, 0.1) is 11.7 Å². The van der Waals surface area contributed by atoms with Crippen LogP contribution in [0.25, 0.3) is 0 Å². The molecule has 106 valence electrons. The Morgan fingerprint density at radius 1 is 1.47 bits per heavy atom. The van der Waals surface area contributed by atoms with Crippen LogP contribution < -0.4 is 11.1 Å². The quantitative estimate of drug-likeness (QED) is 0.661. The molecule has 7 nitrogen and oxygen atoms in total. The van der Waals surface area contributed by atoms with Crippen molar-refractivity contribution >= 4 is 11.7 Å². The number of aryl methyl sites for hydroxylation is 1. The highest BCUT2D eigenvalue weighted by Gasteiger charge is 2.15. The minimum absolute atomic E-state index is 0.0338. The molecule has 0 aromatic carbocycles. The van der Waals surface area contributed by atoms with E-state index in [9.17, 15) is 9.59 Å². The topological polar surface area (TPSA) is 103 Å². The van der Waals surface area contributed by atoms with E-state index < -0.39 is 11.9 Å². The summed E-state index contributed by atoms with van der Waals surface area (Å²) in [6, 6.07) is -0.456. The number of carbonyl (C=O) groups is 2. The number of carbonyl (C=O) groups excluding carboxylic acids is 2. The van der Waals surface area contributed by atoms with E-state index in [1.807, 2.05) is 13.8 Å². The first kappa shape index (κ1) is 15.3. The first-order valence-corrected chi connectivity index (χ1v) is 6.32. The summed E-state index contributed by atoms with van der Waals surface area (Å²) in [4.78, 5) is 22.6. The van der Waals surface area contributed by atoms with Crippen molar-refractivity contribution in [1.29, 1.82) is 0 Å². The number of ketones is 1. The van der Waals surface area contributed by atoms with E-state index in [-0.39, 0.29) is 11.7 Å². The lowest BCUT2D eigenvalue weighted by Crippen LogP contribution is -2.40. The normalized spacial score (nSPS) is 12.6. The number of likely N-dealkylation sites (N-methyl/N-ethyl adjacent to an activating group) is 1. The van der Waals surface area contributed by atoms with Gasteiger partial charge in [0.2, 0.25) is 5.91 Å². The average molecular weight is 267 g/mol. The summed E-state index contributed by atoms with van der Waals surface area (Å²) in [5.41, 5.74) is 5.91. The van der Waals surface area contributed by atoms with Gasteiger partial charge in [0.25, 0.3) is 0 Å². The molecule has 1 aromatic rings. The monoisotopic (exact) mass is 267 g/mol. The first-order chi connectivity index (χ1) is 8.93. The van der Waals surface area contributed by atoms with E-state index in [2.05, 4.69) is 15.6 Å². The Bertz CT molecular complexity index is 441. The van der Waals surface area contributed by atoms with Gasteiger partial charge in [0, 0.05) is 31.5 Å². The van der Waals surface area contributed by atoms with Crippen molar-refractivity contribution in [3.05, 3.63) is 11.9 Å². The number of hydrogen-bond acceptors (Lipinski definition) is 5. The second-order valence-electron chi connectivity index (χ2n) is 4.79. The van der Waals surface area contributed by atoms with Gasteiger partial charge in [-0.1, -0.05) is 19.1 Å². The molecule has 3 N–H and O–H groups in total. The maximum atomic E-state index is 11.5. The molecule has 0 fully saturated rings. The van der Waals surface area contributed by atoms with Gasteiger partial charge in [-0.2, -0.15) is 0 Å². The van der Waals surface area contributed by atoms with Crippen molar-refractivity contribution in [2.75, 3.05) is 7.05 Å². The van der Waals surface area contributed by atoms with Gasteiger partial charge in [0.1, 0.15) is 5.78 Å². The van der Waals surface area contributed by atoms with Gasteiger partial charge in [0.15, 0.2) is 0 Å². The number of primary amides is 1. The van der Waals surface area contributed by atoms with E-state index in [1.54, 1.807) is 17.9 Å². The predicted octanol–water partition coefficient (Wildman–Crippen LogP) is -0.491. The maximum absolute atomic E-state index is 11.5. The summed E-state index contributed by atoms with van der Waals surface area (Å²) in [5, 5.41) is 10.7. The highest BCUT2D eigenvalue weighted by molar-refractivity contribution is 5.80. The molecule has 0 aliphatic heterocycles. The molecule has 0 radical (unpaired) electrons. The number of nitrogens with one attached hydrogen (secondary N) is 1. The van der Waals surface area contributed by atoms with Crippen LogP contribution in [-0.4, -0.2) is 39.8 Å². The Labute approximate surface area is 112 Å². The summed E-state index contributed by atoms with van der Waals surface area (Å²) in [5.74, 6) is -0.194. The van der Waals surface area contributed by atoms with Gasteiger partial charge in [-0.15, -0.1) is 5.10 Å². The highest BCUT2D eigenvalue weighted by atomic mass is 16.1. The zero-order valence-electron chi connectivity index (χ0n) is 11.6. The zero-order valence-corrected chi connectivity index (χ0v) is 11.6. The van der Waals surface area contributed by atoms with Gasteiger partial charge in [-0.05, 0) is 7.05 Å². The van der Waals surface area contributed by atoms with Crippen LogP contribution in [0.3, 0.4) is 0 Å². The Morgan fingerprint density at radius 3 is 2.68 bits per heavy atom. The lowest BCUT2D eigenvalue weighted by atomic mass is 10.1. The Hall–Kier alpha value is -1.76. The average Bonchev–Trinajstić information content (AvgIpc) is 2.80. The minimum atomic E-state index is -0.456. The maximum Gasteiger partial charge on any atom is 0.234 e. The highest BCUT2D eigenvalue weighted by Crippen LogP contribution is 2.03. The van der Waals surface area contributed by atoms with Gasteiger partial charge in [-0.3, -0.25) is 14.3 Å². The molecule has 0 aliphatic carbocycles. The zero-order chi connectivity index (χ0) is 14.4. The molecule has 0 aliphatic rings. The number of aromatic nitrogens is 3. The van der Waals surface area contributed by atoms with Gasteiger partial charge >= 0.3 is 0 Å². The molecule has 1 rings (SSSR count). The number of Topliss-reactive ketones (excluding diaryl/α,β-unsaturated/α-hetero) is 1. The van der Waals surface area contributed by atoms with Crippen molar-refractivity contribution in [1.82, 2.24) is 20.3 Å². The van der Waals surface area contributed by atoms with Crippen molar-refractivity contribution in [2.24, 2.45) is 11.7 Å². The van der Waals surface area contributed by atoms with Crippen LogP contribution in [0.2, 0.25) is 0 Å². The van der Waals surface area contributed by atoms with E-state index >= 15 is 0 Å². The summed E-state index contributed by atoms with van der Waals surface area (Å²) in [7, 11) is 1.67. The first-order valence-electron chi connectivity index (χ1n) is 6.32. The minimum Gasteiger partial charge on any atom is -0.368 e. The molecule has 1 unspecified atom stereocenters. The molecule has 7 heteroatoms. The predicted molar refractivity (Wildman–Crippen MR) is 70.2 cm³/mol. The van der Waals surface area contributed by atoms with Crippen LogP contribution in [0.15, 0.2) is 6.20 Å². The third-order valence-electron chi connectivity index (χ3n) is 2.92. The molecule has 1 aromatic heterocycles. The second kappa shape index (κ2) is 6.98. The number of amides is 1. The summed E-state index contributed by atoms with van der Waals surface area (Å²) < 4.78 is 1.61. The molecule has 0 bridgehead atoms. The SMILES string of the molecule is CNC(Cc1cn(CCC(=O)C(C)C)nn1)C(N)=O. The fourth-order valence-electron chi connectivity index (χ4n) is 1.61. The fourth-order valence-corrected chi connectivity index (χ4v) is 1.61. The number of nitrogens with two attached hydrogens (primary N) is 1. The largest absolute Gasteiger partial charge is 0.368 e. The molecule has 0 spiro atoms. The molecular formula is C12H21N5O2. The molecule has 19 heavy (non-hydrogen) atoms. The van der Waals surface area contributed by atoms with Crippen LogP contribution >= 0.6 is 0 Å². The van der Waals surface area contributed by atoms with Crippen molar-refractivity contribution in [2.45, 2.75) is 39.3 Å². The summed E-state index contributed by atoms with van der Waals surface area (Å²) >= 11 is 0. The van der Waals surface area contributed by atoms with Crippen molar-refractivity contribution in [3.8, 4) is 0 Å². The molecular weight excluding hydrogens is 246 g/mol. The Morgan fingerprint density at radius 2 is 2.16 bits per heavy atom. The smallest absolute Gasteiger partial charge is 0.234 e. The van der Waals surface area contributed by atoms with Crippen LogP contribution in [-0.2, 0) is 22.6 Å². The van der Waals surface area contributed by atoms with Gasteiger partial charge < -0.3 is 11.1 Å². The molecule has 0 saturated heterocycles. The molecule has 1 heterocycles. The van der Waals surface area contributed by atoms with E-state index in [1.165, 1.54) is 0 Å². The number of nitrogens with zero attached hydrogens (tertiary/aromatic N) is 3. The van der Waals surface area contributed by atoms with Crippen LogP contribution in [0.4, 0.5) is 0 Å². The van der Waals surface area contributed by atoms with Crippen molar-refractivity contribution in [3.63, 3.8) is 0 Å². The molecule has 0 saturated carbocycles. The van der Waals surface area contributed by atoms with E-state index in [4.69, 9.17) is 5.73 Å². The lowest BCUT2D eigenvalue weighted by molar-refractivity contribution is -0.122. The third-order valence-corrected chi connectivity index (χ3v) is 2.92. The Kier molecular flexibility index (Phi) is 5.62. The summed E-state index contributed by atoms with van der Waals surface area (Å²) in [6.07, 6.45) is 2.57.